The lowest BCUT2D eigenvalue weighted by Crippen LogP contribution is -2.49. The molecule has 1 saturated carbocycles. The third kappa shape index (κ3) is 3.61. The van der Waals surface area contributed by atoms with Crippen LogP contribution < -0.4 is 5.32 Å². The van der Waals surface area contributed by atoms with Gasteiger partial charge in [0.1, 0.15) is 11.4 Å². The minimum absolute atomic E-state index is 0.0483. The molecule has 1 fully saturated rings. The van der Waals surface area contributed by atoms with Crippen LogP contribution in [-0.4, -0.2) is 32.0 Å². The summed E-state index contributed by atoms with van der Waals surface area (Å²) in [6.07, 6.45) is 2.36. The first-order valence-electron chi connectivity index (χ1n) is 7.69. The molecule has 1 heterocycles. The summed E-state index contributed by atoms with van der Waals surface area (Å²) < 4.78 is 2.08. The molecule has 0 radical (unpaired) electrons. The normalized spacial score (nSPS) is 17.1. The highest BCUT2D eigenvalue weighted by Crippen LogP contribution is 2.39. The van der Waals surface area contributed by atoms with Gasteiger partial charge in [0.15, 0.2) is 5.16 Å². The van der Waals surface area contributed by atoms with E-state index >= 15 is 0 Å². The first-order chi connectivity index (χ1) is 10.4. The lowest BCUT2D eigenvalue weighted by molar-refractivity contribution is -0.120. The second kappa shape index (κ2) is 6.69. The number of carbonyl (C=O) groups is 1. The van der Waals surface area contributed by atoms with Gasteiger partial charge in [-0.3, -0.25) is 4.79 Å². The maximum Gasteiger partial charge on any atom is 0.231 e. The third-order valence-electron chi connectivity index (χ3n) is 4.12. The molecule has 0 aromatic carbocycles. The Morgan fingerprint density at radius 1 is 1.55 bits per heavy atom. The van der Waals surface area contributed by atoms with Crippen LogP contribution in [0.3, 0.4) is 0 Å². The maximum absolute atomic E-state index is 12.1. The highest BCUT2D eigenvalue weighted by molar-refractivity contribution is 7.99. The van der Waals surface area contributed by atoms with Crippen molar-refractivity contribution < 1.29 is 4.79 Å². The summed E-state index contributed by atoms with van der Waals surface area (Å²) in [6.45, 7) is 8.47. The van der Waals surface area contributed by atoms with E-state index in [0.717, 1.165) is 17.5 Å². The molecule has 0 aliphatic heterocycles. The fraction of sp³-hybridized carbons (Fsp3) is 0.733. The van der Waals surface area contributed by atoms with Crippen molar-refractivity contribution in [2.24, 2.45) is 5.92 Å². The number of hydrogen-bond acceptors (Lipinski definition) is 5. The van der Waals surface area contributed by atoms with E-state index in [2.05, 4.69) is 33.1 Å². The van der Waals surface area contributed by atoms with E-state index in [1.54, 1.807) is 6.92 Å². The second-order valence-electron chi connectivity index (χ2n) is 6.17. The van der Waals surface area contributed by atoms with Gasteiger partial charge in [0.05, 0.1) is 11.8 Å². The van der Waals surface area contributed by atoms with Crippen molar-refractivity contribution in [3.05, 3.63) is 5.82 Å². The first-order valence-corrected chi connectivity index (χ1v) is 8.68. The number of carbonyl (C=O) groups excluding carboxylic acids is 1. The highest BCUT2D eigenvalue weighted by Gasteiger charge is 2.31. The lowest BCUT2D eigenvalue weighted by atomic mass is 9.90. The molecule has 2 rings (SSSR count). The van der Waals surface area contributed by atoms with Gasteiger partial charge in [-0.05, 0) is 32.6 Å². The second-order valence-corrected chi connectivity index (χ2v) is 7.11. The van der Waals surface area contributed by atoms with Crippen molar-refractivity contribution in [3.63, 3.8) is 0 Å². The Bertz CT molecular complexity index is 587. The van der Waals surface area contributed by atoms with Crippen LogP contribution in [0.4, 0.5) is 0 Å². The summed E-state index contributed by atoms with van der Waals surface area (Å²) in [5.41, 5.74) is -0.838. The van der Waals surface area contributed by atoms with E-state index < -0.39 is 5.54 Å². The van der Waals surface area contributed by atoms with Gasteiger partial charge in [0, 0.05) is 12.5 Å². The Hall–Kier alpha value is -1.55. The zero-order valence-electron chi connectivity index (χ0n) is 13.6. The quantitative estimate of drug-likeness (QED) is 0.779. The van der Waals surface area contributed by atoms with E-state index in [1.807, 2.05) is 13.8 Å². The van der Waals surface area contributed by atoms with Gasteiger partial charge in [-0.2, -0.15) is 5.26 Å². The van der Waals surface area contributed by atoms with Crippen molar-refractivity contribution in [2.45, 2.75) is 63.7 Å². The molecular formula is C15H23N5OS. The number of nitrogens with zero attached hydrogens (tertiary/aromatic N) is 4. The maximum atomic E-state index is 12.1. The molecule has 1 amide bonds. The molecule has 1 aromatic heterocycles. The predicted octanol–water partition coefficient (Wildman–Crippen LogP) is 2.32. The molecule has 120 valence electrons. The van der Waals surface area contributed by atoms with Crippen molar-refractivity contribution >= 4 is 17.7 Å². The molecule has 7 heteroatoms. The summed E-state index contributed by atoms with van der Waals surface area (Å²) in [5, 5.41) is 21.3. The summed E-state index contributed by atoms with van der Waals surface area (Å²) in [4.78, 5) is 12.1. The van der Waals surface area contributed by atoms with Gasteiger partial charge in [-0.25, -0.2) is 0 Å². The molecule has 0 spiro atoms. The molecule has 1 unspecified atom stereocenters. The molecule has 1 atom stereocenters. The van der Waals surface area contributed by atoms with Crippen LogP contribution in [0.15, 0.2) is 5.16 Å². The monoisotopic (exact) mass is 321 g/mol. The molecule has 6 nitrogen and oxygen atoms in total. The third-order valence-corrected chi connectivity index (χ3v) is 5.09. The van der Waals surface area contributed by atoms with E-state index in [4.69, 9.17) is 0 Å². The Morgan fingerprint density at radius 3 is 2.73 bits per heavy atom. The zero-order valence-corrected chi connectivity index (χ0v) is 14.4. The van der Waals surface area contributed by atoms with Crippen LogP contribution in [0.1, 0.15) is 52.3 Å². The Labute approximate surface area is 135 Å². The van der Waals surface area contributed by atoms with Crippen LogP contribution in [0.25, 0.3) is 0 Å². The Balaban J connectivity index is 1.96. The van der Waals surface area contributed by atoms with E-state index in [0.29, 0.717) is 5.92 Å². The first kappa shape index (κ1) is 16.8. The highest BCUT2D eigenvalue weighted by atomic mass is 32.2. The van der Waals surface area contributed by atoms with Gasteiger partial charge in [0.2, 0.25) is 5.91 Å². The van der Waals surface area contributed by atoms with E-state index in [1.165, 1.54) is 24.6 Å². The van der Waals surface area contributed by atoms with Crippen LogP contribution in [0, 0.1) is 17.2 Å². The topological polar surface area (TPSA) is 83.6 Å². The van der Waals surface area contributed by atoms with Gasteiger partial charge < -0.3 is 9.88 Å². The number of hydrogen-bond donors (Lipinski definition) is 1. The van der Waals surface area contributed by atoms with E-state index in [-0.39, 0.29) is 17.6 Å². The largest absolute Gasteiger partial charge is 0.337 e. The Morgan fingerprint density at radius 2 is 2.23 bits per heavy atom. The zero-order chi connectivity index (χ0) is 16.3. The minimum atomic E-state index is -0.838. The molecular weight excluding hydrogens is 298 g/mol. The van der Waals surface area contributed by atoms with E-state index in [9.17, 15) is 10.1 Å². The van der Waals surface area contributed by atoms with Gasteiger partial charge in [-0.1, -0.05) is 25.6 Å². The number of nitriles is 1. The molecule has 1 aromatic rings. The molecule has 0 saturated heterocycles. The predicted molar refractivity (Wildman–Crippen MR) is 85.4 cm³/mol. The number of thioether (sulfide) groups is 1. The fourth-order valence-electron chi connectivity index (χ4n) is 2.10. The average molecular weight is 321 g/mol. The number of aromatic nitrogens is 3. The molecule has 22 heavy (non-hydrogen) atoms. The van der Waals surface area contributed by atoms with Crippen LogP contribution in [-0.2, 0) is 11.3 Å². The number of nitrogens with one attached hydrogen (secondary N) is 1. The van der Waals surface area contributed by atoms with Crippen molar-refractivity contribution in [3.8, 4) is 6.07 Å². The van der Waals surface area contributed by atoms with Crippen molar-refractivity contribution in [2.75, 3.05) is 5.75 Å². The van der Waals surface area contributed by atoms with Gasteiger partial charge >= 0.3 is 0 Å². The standard InChI is InChI=1S/C15H23N5OS/c1-5-20-13(11-6-7-11)18-19-14(20)22-8-12(21)17-15(4,9-16)10(2)3/h10-11H,5-8H2,1-4H3,(H,17,21). The van der Waals surface area contributed by atoms with Crippen molar-refractivity contribution in [1.29, 1.82) is 5.26 Å². The van der Waals surface area contributed by atoms with Gasteiger partial charge in [-0.15, -0.1) is 10.2 Å². The SMILES string of the molecule is CCn1c(SCC(=O)NC(C)(C#N)C(C)C)nnc1C1CC1. The van der Waals surface area contributed by atoms with Gasteiger partial charge in [0.25, 0.3) is 0 Å². The van der Waals surface area contributed by atoms with Crippen LogP contribution in [0.5, 0.6) is 0 Å². The van der Waals surface area contributed by atoms with Crippen LogP contribution >= 0.6 is 11.8 Å². The number of amides is 1. The van der Waals surface area contributed by atoms with Crippen LogP contribution in [0.2, 0.25) is 0 Å². The minimum Gasteiger partial charge on any atom is -0.337 e. The molecule has 1 N–H and O–H groups in total. The van der Waals surface area contributed by atoms with Crippen molar-refractivity contribution in [1.82, 2.24) is 20.1 Å². The molecule has 0 bridgehead atoms. The number of rotatable bonds is 7. The summed E-state index contributed by atoms with van der Waals surface area (Å²) in [6, 6.07) is 2.18. The molecule has 1 aliphatic rings. The summed E-state index contributed by atoms with van der Waals surface area (Å²) in [7, 11) is 0. The summed E-state index contributed by atoms with van der Waals surface area (Å²) in [5.74, 6) is 1.72. The average Bonchev–Trinajstić information content (AvgIpc) is 3.24. The smallest absolute Gasteiger partial charge is 0.231 e. The lowest BCUT2D eigenvalue weighted by Gasteiger charge is -2.27. The molecule has 1 aliphatic carbocycles. The summed E-state index contributed by atoms with van der Waals surface area (Å²) >= 11 is 1.38. The Kier molecular flexibility index (Phi) is 5.12. The fourth-order valence-corrected chi connectivity index (χ4v) is 2.91.